The van der Waals surface area contributed by atoms with Gasteiger partial charge in [0.15, 0.2) is 11.6 Å². The highest BCUT2D eigenvalue weighted by Crippen LogP contribution is 2.65. The van der Waals surface area contributed by atoms with Gasteiger partial charge in [-0.15, -0.1) is 0 Å². The molecule has 0 bridgehead atoms. The zero-order valence-electron chi connectivity index (χ0n) is 57.4. The van der Waals surface area contributed by atoms with Crippen molar-refractivity contribution in [2.45, 2.75) is 30.4 Å². The van der Waals surface area contributed by atoms with Crippen LogP contribution in [0.5, 0.6) is 0 Å². The summed E-state index contributed by atoms with van der Waals surface area (Å²) in [4.78, 5) is 26.6. The molecule has 0 unspecified atom stereocenters. The van der Waals surface area contributed by atoms with E-state index in [0.717, 1.165) is 89.5 Å². The van der Waals surface area contributed by atoms with E-state index in [1.54, 1.807) is 0 Å². The minimum atomic E-state index is -0.646. The van der Waals surface area contributed by atoms with Gasteiger partial charge in [0, 0.05) is 53.0 Å². The lowest BCUT2D eigenvalue weighted by molar-refractivity contribution is 0.722. The van der Waals surface area contributed by atoms with Crippen LogP contribution < -0.4 is 0 Å². The highest BCUT2D eigenvalue weighted by molar-refractivity contribution is 7.99. The second kappa shape index (κ2) is 25.0. The zero-order valence-corrected chi connectivity index (χ0v) is 59.0. The maximum atomic E-state index is 5.50. The van der Waals surface area contributed by atoms with E-state index in [4.69, 9.17) is 19.9 Å². The molecule has 106 heavy (non-hydrogen) atoms. The van der Waals surface area contributed by atoms with E-state index in [9.17, 15) is 0 Å². The molecule has 15 aromatic carbocycles. The predicted octanol–water partition coefficient (Wildman–Crippen LogP) is 25.6. The number of aromatic nitrogens is 4. The van der Waals surface area contributed by atoms with E-state index in [2.05, 4.69) is 370 Å². The van der Waals surface area contributed by atoms with Gasteiger partial charge in [-0.1, -0.05) is 345 Å². The minimum absolute atomic E-state index is 0.502. The van der Waals surface area contributed by atoms with Crippen LogP contribution in [0.4, 0.5) is 0 Å². The average molecular weight is 1380 g/mol. The third-order valence-electron chi connectivity index (χ3n) is 22.1. The third kappa shape index (κ3) is 9.93. The summed E-state index contributed by atoms with van der Waals surface area (Å²) in [6.07, 6.45) is 0. The fourth-order valence-corrected chi connectivity index (χ4v) is 19.5. The number of fused-ring (bicyclic) bond motifs is 18. The van der Waals surface area contributed by atoms with Gasteiger partial charge in [0.05, 0.1) is 33.6 Å². The van der Waals surface area contributed by atoms with Crippen molar-refractivity contribution in [2.24, 2.45) is 0 Å². The van der Waals surface area contributed by atoms with Gasteiger partial charge in [0.1, 0.15) is 0 Å². The standard InChI is InChI=1S/C100H62N4S2/c1-4-20-63(21-5-1)65-40-46-70(47-41-65)90-62-92(104-98(102-90)73-50-44-66(45-51-73)64-22-6-2-7-23-64)76-54-57-96-88(60-76)100(83-32-16-12-28-79(83)80-29-13-17-33-84(80)100)86-58-74(52-55-94(86)106-96)69-38-36-67(37-39-69)68-42-48-71(49-43-68)89-61-91(103-97(101-89)72-24-8-3-9-25-72)75-53-56-95-87(59-75)99(85-34-18-19-35-93(85)105-95)81-30-14-10-26-77(81)78-27-11-15-31-82(78)99/h1-62H. The molecule has 0 radical (unpaired) electrons. The van der Waals surface area contributed by atoms with Crippen LogP contribution in [0.1, 0.15) is 44.5 Å². The van der Waals surface area contributed by atoms with Crippen LogP contribution in [0.25, 0.3) is 135 Å². The fourth-order valence-electron chi connectivity index (χ4n) is 17.2. The predicted molar refractivity (Wildman–Crippen MR) is 435 cm³/mol. The van der Waals surface area contributed by atoms with Gasteiger partial charge in [0.25, 0.3) is 0 Å². The molecule has 4 aliphatic rings. The first-order valence-corrected chi connectivity index (χ1v) is 37.8. The number of nitrogens with zero attached hydrogens (tertiary/aromatic N) is 4. The first-order valence-electron chi connectivity index (χ1n) is 36.1. The summed E-state index contributed by atoms with van der Waals surface area (Å²) in [5.74, 6) is 1.36. The van der Waals surface area contributed by atoms with Crippen molar-refractivity contribution in [2.75, 3.05) is 0 Å². The number of hydrogen-bond donors (Lipinski definition) is 0. The first-order chi connectivity index (χ1) is 52.5. The van der Waals surface area contributed by atoms with Crippen LogP contribution in [0.15, 0.2) is 396 Å². The summed E-state index contributed by atoms with van der Waals surface area (Å²) >= 11 is 3.72. The van der Waals surface area contributed by atoms with Gasteiger partial charge in [0.2, 0.25) is 0 Å². The van der Waals surface area contributed by atoms with E-state index < -0.39 is 10.8 Å². The van der Waals surface area contributed by atoms with Crippen LogP contribution in [-0.4, -0.2) is 19.9 Å². The Balaban J connectivity index is 0.634. The van der Waals surface area contributed by atoms with Crippen molar-refractivity contribution >= 4 is 23.5 Å². The topological polar surface area (TPSA) is 51.6 Å². The molecular weight excluding hydrogens is 1320 g/mol. The monoisotopic (exact) mass is 1380 g/mol. The maximum absolute atomic E-state index is 5.50. The molecule has 4 nitrogen and oxygen atoms in total. The average Bonchev–Trinajstić information content (AvgIpc) is 1.49. The van der Waals surface area contributed by atoms with Gasteiger partial charge >= 0.3 is 0 Å². The highest BCUT2D eigenvalue weighted by Gasteiger charge is 2.52. The van der Waals surface area contributed by atoms with Crippen molar-refractivity contribution < 1.29 is 0 Å². The van der Waals surface area contributed by atoms with E-state index in [-0.39, 0.29) is 0 Å². The summed E-state index contributed by atoms with van der Waals surface area (Å²) in [7, 11) is 0. The Morgan fingerprint density at radius 1 is 0.160 bits per heavy atom. The van der Waals surface area contributed by atoms with Gasteiger partial charge in [-0.05, 0) is 166 Å². The van der Waals surface area contributed by atoms with Crippen LogP contribution >= 0.6 is 23.5 Å². The Morgan fingerprint density at radius 3 is 0.783 bits per heavy atom. The molecule has 0 saturated heterocycles. The smallest absolute Gasteiger partial charge is 0.160 e. The van der Waals surface area contributed by atoms with Crippen LogP contribution in [-0.2, 0) is 10.8 Å². The molecule has 21 rings (SSSR count). The summed E-state index contributed by atoms with van der Waals surface area (Å²) in [5, 5.41) is 0. The van der Waals surface area contributed by atoms with Crippen molar-refractivity contribution in [3.8, 4) is 135 Å². The van der Waals surface area contributed by atoms with Crippen LogP contribution in [0.2, 0.25) is 0 Å². The maximum Gasteiger partial charge on any atom is 0.160 e. The summed E-state index contributed by atoms with van der Waals surface area (Å²) < 4.78 is 0. The van der Waals surface area contributed by atoms with Crippen molar-refractivity contribution in [3.05, 3.63) is 421 Å². The Kier molecular flexibility index (Phi) is 14.6. The quantitative estimate of drug-likeness (QED) is 0.136. The molecule has 0 amide bonds. The van der Waals surface area contributed by atoms with Crippen LogP contribution in [0.3, 0.4) is 0 Å². The molecule has 0 atom stereocenters. The van der Waals surface area contributed by atoms with E-state index in [1.807, 2.05) is 29.6 Å². The molecule has 2 spiro atoms. The molecular formula is C100H62N4S2. The molecule has 0 fully saturated rings. The van der Waals surface area contributed by atoms with E-state index in [0.29, 0.717) is 11.6 Å². The first kappa shape index (κ1) is 61.8. The molecule has 17 aromatic rings. The van der Waals surface area contributed by atoms with Crippen molar-refractivity contribution in [3.63, 3.8) is 0 Å². The van der Waals surface area contributed by atoms with Crippen LogP contribution in [0, 0.1) is 0 Å². The number of rotatable bonds is 10. The molecule has 2 aliphatic heterocycles. The summed E-state index contributed by atoms with van der Waals surface area (Å²) in [6.45, 7) is 0. The molecule has 2 aliphatic carbocycles. The minimum Gasteiger partial charge on any atom is -0.228 e. The SMILES string of the molecule is c1ccc(-c2ccc(-c3cc(-c4ccc5c(c4)C4(c6cc(-c7ccc(-c8ccc(-c9cc(-c%10ccc%11c(c%10)C%10(c%12ccccc%12S%11)c%11ccccc%11-c%11ccccc%11%10)nc(-c%10ccccc%10)n9)cc8)cc7)ccc6S5)c5ccccc5-c5ccccc54)nc(-c4ccc(-c5ccccc5)cc4)n3)cc2)cc1. The summed E-state index contributed by atoms with van der Waals surface area (Å²) in [6, 6.07) is 138. The fraction of sp³-hybridized carbons (Fsp3) is 0.0200. The van der Waals surface area contributed by atoms with Gasteiger partial charge < -0.3 is 0 Å². The lowest BCUT2D eigenvalue weighted by Crippen LogP contribution is -2.32. The zero-order chi connectivity index (χ0) is 69.9. The van der Waals surface area contributed by atoms with Gasteiger partial charge in [-0.2, -0.15) is 0 Å². The van der Waals surface area contributed by atoms with Gasteiger partial charge in [-0.3, -0.25) is 0 Å². The molecule has 6 heteroatoms. The van der Waals surface area contributed by atoms with E-state index >= 15 is 0 Å². The Morgan fingerprint density at radius 2 is 0.396 bits per heavy atom. The third-order valence-corrected chi connectivity index (χ3v) is 24.4. The summed E-state index contributed by atoms with van der Waals surface area (Å²) in [5.41, 5.74) is 32.9. The largest absolute Gasteiger partial charge is 0.228 e. The Hall–Kier alpha value is -12.8. The molecule has 4 heterocycles. The second-order valence-electron chi connectivity index (χ2n) is 27.8. The highest BCUT2D eigenvalue weighted by atomic mass is 32.2. The van der Waals surface area contributed by atoms with Gasteiger partial charge in [-0.25, -0.2) is 19.9 Å². The Bertz CT molecular complexity index is 6160. The van der Waals surface area contributed by atoms with Crippen molar-refractivity contribution in [1.82, 2.24) is 19.9 Å². The lowest BCUT2D eigenvalue weighted by Gasteiger charge is -2.40. The normalized spacial score (nSPS) is 13.4. The number of hydrogen-bond acceptors (Lipinski definition) is 6. The molecule has 2 aromatic heterocycles. The number of benzene rings is 15. The second-order valence-corrected chi connectivity index (χ2v) is 30.0. The molecule has 0 saturated carbocycles. The lowest BCUT2D eigenvalue weighted by atomic mass is 9.66. The molecule has 0 N–H and O–H groups in total. The Labute approximate surface area is 624 Å². The van der Waals surface area contributed by atoms with Crippen molar-refractivity contribution in [1.29, 1.82) is 0 Å². The molecule has 494 valence electrons. The van der Waals surface area contributed by atoms with E-state index in [1.165, 1.54) is 97.5 Å².